The first-order chi connectivity index (χ1) is 14.6. The SMILES string of the molecule is CCC(C)N(C)C1CCC(C)(C)c2cc(-c3ccc(C(C)C(=O)O)cc3)cc(OC)c21. The molecule has 1 aliphatic rings. The van der Waals surface area contributed by atoms with Crippen LogP contribution in [0.2, 0.25) is 0 Å². The van der Waals surface area contributed by atoms with Gasteiger partial charge in [0.15, 0.2) is 0 Å². The fraction of sp³-hybridized carbons (Fsp3) is 0.519. The average molecular weight is 424 g/mol. The predicted octanol–water partition coefficient (Wildman–Crippen LogP) is 6.39. The molecule has 0 amide bonds. The first kappa shape index (κ1) is 23.3. The van der Waals surface area contributed by atoms with Crippen LogP contribution < -0.4 is 4.74 Å². The molecule has 0 spiro atoms. The molecular weight excluding hydrogens is 386 g/mol. The summed E-state index contributed by atoms with van der Waals surface area (Å²) in [6, 6.07) is 13.2. The second-order valence-corrected chi connectivity index (χ2v) is 9.68. The highest BCUT2D eigenvalue weighted by Gasteiger charge is 2.37. The lowest BCUT2D eigenvalue weighted by Crippen LogP contribution is -2.38. The Bertz CT molecular complexity index is 932. The largest absolute Gasteiger partial charge is 0.496 e. The number of hydrogen-bond donors (Lipinski definition) is 1. The first-order valence-corrected chi connectivity index (χ1v) is 11.4. The van der Waals surface area contributed by atoms with Crippen molar-refractivity contribution < 1.29 is 14.6 Å². The lowest BCUT2D eigenvalue weighted by atomic mass is 9.69. The molecule has 0 saturated carbocycles. The van der Waals surface area contributed by atoms with E-state index in [1.165, 1.54) is 11.1 Å². The Hall–Kier alpha value is -2.33. The number of aliphatic carboxylic acids is 1. The van der Waals surface area contributed by atoms with Crippen LogP contribution in [0, 0.1) is 0 Å². The molecule has 0 aromatic heterocycles. The standard InChI is InChI=1S/C27H37NO3/c1-8-17(2)28(6)23-13-14-27(4,5)22-15-21(16-24(31-7)25(22)23)20-11-9-19(10-12-20)18(3)26(29)30/h9-12,15-18,23H,8,13-14H2,1-7H3,(H,29,30). The molecule has 1 N–H and O–H groups in total. The summed E-state index contributed by atoms with van der Waals surface area (Å²) in [5.74, 6) is -0.368. The molecule has 2 aromatic rings. The van der Waals surface area contributed by atoms with Crippen LogP contribution in [-0.4, -0.2) is 36.2 Å². The quantitative estimate of drug-likeness (QED) is 0.560. The molecule has 3 atom stereocenters. The number of fused-ring (bicyclic) bond motifs is 1. The molecule has 4 heteroatoms. The normalized spacial score (nSPS) is 19.5. The van der Waals surface area contributed by atoms with E-state index in [2.05, 4.69) is 51.8 Å². The minimum absolute atomic E-state index is 0.0726. The van der Waals surface area contributed by atoms with Gasteiger partial charge in [-0.3, -0.25) is 9.69 Å². The van der Waals surface area contributed by atoms with Gasteiger partial charge in [-0.2, -0.15) is 0 Å². The van der Waals surface area contributed by atoms with Gasteiger partial charge >= 0.3 is 5.97 Å². The number of rotatable bonds is 7. The van der Waals surface area contributed by atoms with Gasteiger partial charge in [-0.05, 0) is 73.9 Å². The van der Waals surface area contributed by atoms with Crippen LogP contribution in [0.15, 0.2) is 36.4 Å². The molecule has 2 aromatic carbocycles. The van der Waals surface area contributed by atoms with Gasteiger partial charge in [-0.15, -0.1) is 0 Å². The number of hydrogen-bond acceptors (Lipinski definition) is 3. The van der Waals surface area contributed by atoms with Gasteiger partial charge < -0.3 is 9.84 Å². The van der Waals surface area contributed by atoms with Crippen molar-refractivity contribution in [1.29, 1.82) is 0 Å². The van der Waals surface area contributed by atoms with Crippen molar-refractivity contribution in [2.24, 2.45) is 0 Å². The maximum absolute atomic E-state index is 11.3. The maximum Gasteiger partial charge on any atom is 0.310 e. The molecule has 0 fully saturated rings. The van der Waals surface area contributed by atoms with Crippen LogP contribution in [0.1, 0.15) is 82.5 Å². The Kier molecular flexibility index (Phi) is 6.80. The molecule has 0 heterocycles. The zero-order valence-corrected chi connectivity index (χ0v) is 20.0. The maximum atomic E-state index is 11.3. The van der Waals surface area contributed by atoms with Gasteiger partial charge in [0, 0.05) is 17.6 Å². The molecule has 4 nitrogen and oxygen atoms in total. The number of benzene rings is 2. The van der Waals surface area contributed by atoms with E-state index in [4.69, 9.17) is 4.74 Å². The first-order valence-electron chi connectivity index (χ1n) is 11.4. The number of carboxylic acid groups (broad SMARTS) is 1. The molecule has 0 aliphatic heterocycles. The topological polar surface area (TPSA) is 49.8 Å². The van der Waals surface area contributed by atoms with Crippen molar-refractivity contribution >= 4 is 5.97 Å². The number of carboxylic acids is 1. The van der Waals surface area contributed by atoms with Crippen molar-refractivity contribution in [2.75, 3.05) is 14.2 Å². The van der Waals surface area contributed by atoms with Gasteiger partial charge in [-0.1, -0.05) is 51.1 Å². The third-order valence-electron chi connectivity index (χ3n) is 7.36. The zero-order chi connectivity index (χ0) is 22.9. The highest BCUT2D eigenvalue weighted by atomic mass is 16.5. The number of methoxy groups -OCH3 is 1. The van der Waals surface area contributed by atoms with Gasteiger partial charge in [-0.25, -0.2) is 0 Å². The highest BCUT2D eigenvalue weighted by molar-refractivity contribution is 5.76. The number of nitrogens with zero attached hydrogens (tertiary/aromatic N) is 1. The highest BCUT2D eigenvalue weighted by Crippen LogP contribution is 2.49. The molecule has 31 heavy (non-hydrogen) atoms. The van der Waals surface area contributed by atoms with E-state index in [-0.39, 0.29) is 5.41 Å². The van der Waals surface area contributed by atoms with Crippen molar-refractivity contribution in [3.05, 3.63) is 53.1 Å². The van der Waals surface area contributed by atoms with Crippen LogP contribution in [0.3, 0.4) is 0 Å². The Morgan fingerprint density at radius 1 is 1.19 bits per heavy atom. The Labute approximate surface area is 187 Å². The fourth-order valence-electron chi connectivity index (χ4n) is 4.75. The Morgan fingerprint density at radius 3 is 2.39 bits per heavy atom. The van der Waals surface area contributed by atoms with Crippen molar-refractivity contribution in [2.45, 2.75) is 77.3 Å². The molecule has 0 saturated heterocycles. The Morgan fingerprint density at radius 2 is 1.84 bits per heavy atom. The molecule has 3 rings (SSSR count). The van der Waals surface area contributed by atoms with E-state index < -0.39 is 11.9 Å². The van der Waals surface area contributed by atoms with E-state index in [0.29, 0.717) is 12.1 Å². The van der Waals surface area contributed by atoms with Gasteiger partial charge in [0.05, 0.1) is 13.0 Å². The van der Waals surface area contributed by atoms with Crippen LogP contribution in [0.25, 0.3) is 11.1 Å². The second-order valence-electron chi connectivity index (χ2n) is 9.68. The summed E-state index contributed by atoms with van der Waals surface area (Å²) in [6.45, 7) is 10.9. The molecular formula is C27H37NO3. The van der Waals surface area contributed by atoms with Crippen LogP contribution in [-0.2, 0) is 10.2 Å². The van der Waals surface area contributed by atoms with E-state index in [1.54, 1.807) is 14.0 Å². The van der Waals surface area contributed by atoms with E-state index in [9.17, 15) is 9.90 Å². The summed E-state index contributed by atoms with van der Waals surface area (Å²) < 4.78 is 5.95. The molecule has 1 aliphatic carbocycles. The molecule has 0 bridgehead atoms. The average Bonchev–Trinajstić information content (AvgIpc) is 2.77. The summed E-state index contributed by atoms with van der Waals surface area (Å²) >= 11 is 0. The predicted molar refractivity (Wildman–Crippen MR) is 127 cm³/mol. The van der Waals surface area contributed by atoms with Gasteiger partial charge in [0.25, 0.3) is 0 Å². The van der Waals surface area contributed by atoms with Crippen molar-refractivity contribution in [3.8, 4) is 16.9 Å². The van der Waals surface area contributed by atoms with Crippen LogP contribution in [0.4, 0.5) is 0 Å². The third-order valence-corrected chi connectivity index (χ3v) is 7.36. The molecule has 0 radical (unpaired) electrons. The molecule has 3 unspecified atom stereocenters. The second kappa shape index (κ2) is 9.04. The van der Waals surface area contributed by atoms with Gasteiger partial charge in [0.1, 0.15) is 5.75 Å². The lowest BCUT2D eigenvalue weighted by molar-refractivity contribution is -0.138. The summed E-state index contributed by atoms with van der Waals surface area (Å²) in [5.41, 5.74) is 5.76. The third kappa shape index (κ3) is 4.50. The van der Waals surface area contributed by atoms with Gasteiger partial charge in [0.2, 0.25) is 0 Å². The number of ether oxygens (including phenoxy) is 1. The smallest absolute Gasteiger partial charge is 0.310 e. The van der Waals surface area contributed by atoms with Crippen LogP contribution >= 0.6 is 0 Å². The fourth-order valence-corrected chi connectivity index (χ4v) is 4.75. The summed E-state index contributed by atoms with van der Waals surface area (Å²) in [4.78, 5) is 13.8. The monoisotopic (exact) mass is 423 g/mol. The summed E-state index contributed by atoms with van der Waals surface area (Å²) in [5, 5.41) is 9.29. The van der Waals surface area contributed by atoms with E-state index in [1.807, 2.05) is 24.3 Å². The minimum Gasteiger partial charge on any atom is -0.496 e. The number of carbonyl (C=O) groups is 1. The lowest BCUT2D eigenvalue weighted by Gasteiger charge is -2.43. The van der Waals surface area contributed by atoms with E-state index in [0.717, 1.165) is 41.7 Å². The Balaban J connectivity index is 2.09. The zero-order valence-electron chi connectivity index (χ0n) is 20.0. The summed E-state index contributed by atoms with van der Waals surface area (Å²) in [6.07, 6.45) is 3.37. The minimum atomic E-state index is -0.804. The van der Waals surface area contributed by atoms with Crippen molar-refractivity contribution in [3.63, 3.8) is 0 Å². The van der Waals surface area contributed by atoms with Crippen molar-refractivity contribution in [1.82, 2.24) is 4.90 Å². The molecule has 168 valence electrons. The van der Waals surface area contributed by atoms with Crippen LogP contribution in [0.5, 0.6) is 5.75 Å². The van der Waals surface area contributed by atoms with E-state index >= 15 is 0 Å². The summed E-state index contributed by atoms with van der Waals surface area (Å²) in [7, 11) is 4.00.